The number of anilines is 1. The number of hydrogen-bond donors (Lipinski definition) is 1. The van der Waals surface area contributed by atoms with E-state index in [4.69, 9.17) is 4.74 Å². The van der Waals surface area contributed by atoms with Gasteiger partial charge in [0.2, 0.25) is 5.91 Å². The number of rotatable bonds is 5. The molecule has 2 heterocycles. The highest BCUT2D eigenvalue weighted by Gasteiger charge is 2.16. The minimum Gasteiger partial charge on any atom is -0.495 e. The van der Waals surface area contributed by atoms with E-state index in [1.807, 2.05) is 19.1 Å². The van der Waals surface area contributed by atoms with Crippen molar-refractivity contribution in [3.05, 3.63) is 50.8 Å². The third-order valence-corrected chi connectivity index (χ3v) is 5.36. The fourth-order valence-electron chi connectivity index (χ4n) is 2.97. The monoisotopic (exact) mass is 385 g/mol. The van der Waals surface area contributed by atoms with Gasteiger partial charge in [0.25, 0.3) is 5.56 Å². The molecule has 0 spiro atoms. The molecule has 1 N–H and O–H groups in total. The molecule has 8 heteroatoms. The second-order valence-corrected chi connectivity index (χ2v) is 7.15. The summed E-state index contributed by atoms with van der Waals surface area (Å²) in [7, 11) is 1.52. The third kappa shape index (κ3) is 3.61. The lowest BCUT2D eigenvalue weighted by molar-refractivity contribution is -0.116. The quantitative estimate of drug-likeness (QED) is 0.682. The number of nitrogens with zero attached hydrogens (tertiary/aromatic N) is 2. The molecule has 0 unspecified atom stereocenters. The second-order valence-electron chi connectivity index (χ2n) is 6.15. The first kappa shape index (κ1) is 18.8. The van der Waals surface area contributed by atoms with E-state index in [0.717, 1.165) is 22.3 Å². The highest BCUT2D eigenvalue weighted by atomic mass is 32.1. The molecule has 7 nitrogen and oxygen atoms in total. The number of thiazole rings is 1. The molecule has 3 rings (SSSR count). The Kier molecular flexibility index (Phi) is 5.09. The molecule has 0 bridgehead atoms. The van der Waals surface area contributed by atoms with Gasteiger partial charge in [0, 0.05) is 18.4 Å². The molecule has 1 aromatic carbocycles. The normalized spacial score (nSPS) is 10.8. The van der Waals surface area contributed by atoms with Crippen molar-refractivity contribution < 1.29 is 14.3 Å². The lowest BCUT2D eigenvalue weighted by atomic mass is 10.1. The van der Waals surface area contributed by atoms with Crippen molar-refractivity contribution in [3.8, 4) is 5.75 Å². The number of pyridine rings is 1. The summed E-state index contributed by atoms with van der Waals surface area (Å²) in [5, 5.41) is 3.84. The molecule has 0 saturated heterocycles. The minimum atomic E-state index is -0.406. The van der Waals surface area contributed by atoms with Gasteiger partial charge < -0.3 is 10.1 Å². The van der Waals surface area contributed by atoms with Crippen LogP contribution in [-0.2, 0) is 11.3 Å². The van der Waals surface area contributed by atoms with E-state index >= 15 is 0 Å². The predicted octanol–water partition coefficient (Wildman–Crippen LogP) is 2.92. The van der Waals surface area contributed by atoms with E-state index in [-0.39, 0.29) is 17.9 Å². The van der Waals surface area contributed by atoms with Crippen LogP contribution in [0, 0.1) is 13.8 Å². The van der Waals surface area contributed by atoms with Crippen LogP contribution in [0.25, 0.3) is 10.9 Å². The van der Waals surface area contributed by atoms with Crippen molar-refractivity contribution in [2.24, 2.45) is 0 Å². The maximum Gasteiger partial charge on any atom is 0.251 e. The molecule has 0 atom stereocenters. The smallest absolute Gasteiger partial charge is 0.251 e. The van der Waals surface area contributed by atoms with Crippen LogP contribution in [0.15, 0.2) is 29.1 Å². The number of amides is 1. The van der Waals surface area contributed by atoms with Crippen LogP contribution >= 0.6 is 11.3 Å². The first-order valence-electron chi connectivity index (χ1n) is 8.27. The molecule has 0 aliphatic heterocycles. The molecule has 0 aliphatic rings. The SMILES string of the molecule is COc1cccc2c(C)cc(=O)n(CC(=O)Nc3nc(C)c(C(C)=O)s3)c12. The second kappa shape index (κ2) is 7.32. The number of nitrogens with one attached hydrogen (secondary N) is 1. The molecule has 0 fully saturated rings. The first-order chi connectivity index (χ1) is 12.8. The van der Waals surface area contributed by atoms with Crippen molar-refractivity contribution in [2.75, 3.05) is 12.4 Å². The van der Waals surface area contributed by atoms with Crippen molar-refractivity contribution >= 4 is 39.1 Å². The molecule has 0 saturated carbocycles. The van der Waals surface area contributed by atoms with E-state index in [2.05, 4.69) is 10.3 Å². The molecule has 140 valence electrons. The van der Waals surface area contributed by atoms with Crippen LogP contribution in [0.1, 0.15) is 27.9 Å². The summed E-state index contributed by atoms with van der Waals surface area (Å²) in [6.07, 6.45) is 0. The summed E-state index contributed by atoms with van der Waals surface area (Å²) >= 11 is 1.12. The lowest BCUT2D eigenvalue weighted by Gasteiger charge is -2.14. The van der Waals surface area contributed by atoms with Crippen molar-refractivity contribution in [1.82, 2.24) is 9.55 Å². The van der Waals surface area contributed by atoms with E-state index in [9.17, 15) is 14.4 Å². The fraction of sp³-hybridized carbons (Fsp3) is 0.263. The van der Waals surface area contributed by atoms with Gasteiger partial charge in [-0.3, -0.25) is 19.0 Å². The maximum absolute atomic E-state index is 12.5. The average Bonchev–Trinajstić information content (AvgIpc) is 2.98. The van der Waals surface area contributed by atoms with Gasteiger partial charge in [-0.15, -0.1) is 0 Å². The van der Waals surface area contributed by atoms with E-state index in [0.29, 0.717) is 27.0 Å². The summed E-state index contributed by atoms with van der Waals surface area (Å²) in [6.45, 7) is 4.82. The Morgan fingerprint density at radius 2 is 2.04 bits per heavy atom. The lowest BCUT2D eigenvalue weighted by Crippen LogP contribution is -2.28. The number of ketones is 1. The Morgan fingerprint density at radius 1 is 1.30 bits per heavy atom. The highest BCUT2D eigenvalue weighted by Crippen LogP contribution is 2.27. The maximum atomic E-state index is 12.5. The number of para-hydroxylation sites is 1. The highest BCUT2D eigenvalue weighted by molar-refractivity contribution is 7.17. The number of hydrogen-bond acceptors (Lipinski definition) is 6. The predicted molar refractivity (Wildman–Crippen MR) is 105 cm³/mol. The van der Waals surface area contributed by atoms with Crippen LogP contribution in [0.2, 0.25) is 0 Å². The van der Waals surface area contributed by atoms with Gasteiger partial charge in [-0.05, 0) is 25.5 Å². The zero-order valence-electron chi connectivity index (χ0n) is 15.5. The first-order valence-corrected chi connectivity index (χ1v) is 9.09. The molecular weight excluding hydrogens is 366 g/mol. The number of Topliss-reactive ketones (excluding diaryl/α,β-unsaturated/α-hetero) is 1. The van der Waals surface area contributed by atoms with Crippen LogP contribution in [0.5, 0.6) is 5.75 Å². The molecule has 1 amide bonds. The summed E-state index contributed by atoms with van der Waals surface area (Å²) < 4.78 is 6.76. The molecular formula is C19H19N3O4S. The number of carbonyl (C=O) groups is 2. The zero-order chi connectivity index (χ0) is 19.7. The van der Waals surface area contributed by atoms with E-state index in [1.165, 1.54) is 24.7 Å². The Labute approximate surface area is 159 Å². The Morgan fingerprint density at radius 3 is 2.67 bits per heavy atom. The molecule has 3 aromatic rings. The summed E-state index contributed by atoms with van der Waals surface area (Å²) in [4.78, 5) is 41.3. The Balaban J connectivity index is 1.97. The van der Waals surface area contributed by atoms with Crippen molar-refractivity contribution in [1.29, 1.82) is 0 Å². The summed E-state index contributed by atoms with van der Waals surface area (Å²) in [5.41, 5.74) is 1.66. The van der Waals surface area contributed by atoms with E-state index in [1.54, 1.807) is 13.0 Å². The van der Waals surface area contributed by atoms with Gasteiger partial charge in [-0.1, -0.05) is 23.5 Å². The topological polar surface area (TPSA) is 90.3 Å². The van der Waals surface area contributed by atoms with Gasteiger partial charge in [-0.2, -0.15) is 0 Å². The largest absolute Gasteiger partial charge is 0.495 e. The van der Waals surface area contributed by atoms with Gasteiger partial charge >= 0.3 is 0 Å². The van der Waals surface area contributed by atoms with Crippen molar-refractivity contribution in [2.45, 2.75) is 27.3 Å². The van der Waals surface area contributed by atoms with Crippen LogP contribution in [-0.4, -0.2) is 28.4 Å². The van der Waals surface area contributed by atoms with Crippen LogP contribution in [0.3, 0.4) is 0 Å². The van der Waals surface area contributed by atoms with Gasteiger partial charge in [-0.25, -0.2) is 4.98 Å². The van der Waals surface area contributed by atoms with Gasteiger partial charge in [0.05, 0.1) is 23.2 Å². The number of methoxy groups -OCH3 is 1. The average molecular weight is 385 g/mol. The number of aromatic nitrogens is 2. The molecule has 2 aromatic heterocycles. The molecule has 0 aliphatic carbocycles. The number of aryl methyl sites for hydroxylation is 2. The number of carbonyl (C=O) groups excluding carboxylic acids is 2. The number of fused-ring (bicyclic) bond motifs is 1. The Bertz CT molecular complexity index is 1110. The standard InChI is InChI=1S/C19H19N3O4S/c1-10-8-16(25)22(17-13(10)6-5-7-14(17)26-4)9-15(24)21-19-20-11(2)18(27-19)12(3)23/h5-8H,9H2,1-4H3,(H,20,21,24). The van der Waals surface area contributed by atoms with Crippen molar-refractivity contribution in [3.63, 3.8) is 0 Å². The summed E-state index contributed by atoms with van der Waals surface area (Å²) in [5.74, 6) is 0.0121. The van der Waals surface area contributed by atoms with Crippen LogP contribution in [0.4, 0.5) is 5.13 Å². The van der Waals surface area contributed by atoms with Gasteiger partial charge in [0.1, 0.15) is 12.3 Å². The van der Waals surface area contributed by atoms with Gasteiger partial charge in [0.15, 0.2) is 10.9 Å². The minimum absolute atomic E-state index is 0.101. The number of ether oxygens (including phenoxy) is 1. The molecule has 27 heavy (non-hydrogen) atoms. The molecule has 0 radical (unpaired) electrons. The fourth-order valence-corrected chi connectivity index (χ4v) is 3.85. The number of benzene rings is 1. The Hall–Kier alpha value is -3.00. The zero-order valence-corrected chi connectivity index (χ0v) is 16.3. The third-order valence-electron chi connectivity index (χ3n) is 4.18. The summed E-state index contributed by atoms with van der Waals surface area (Å²) in [6, 6.07) is 6.96. The van der Waals surface area contributed by atoms with Crippen LogP contribution < -0.4 is 15.6 Å². The van der Waals surface area contributed by atoms with E-state index < -0.39 is 5.91 Å².